The van der Waals surface area contributed by atoms with Crippen LogP contribution in [0.5, 0.6) is 0 Å². The number of para-hydroxylation sites is 1. The Morgan fingerprint density at radius 3 is 2.47 bits per heavy atom. The fourth-order valence-electron chi connectivity index (χ4n) is 2.04. The Hall–Kier alpha value is -1.09. The third-order valence-electron chi connectivity index (χ3n) is 2.94. The van der Waals surface area contributed by atoms with Crippen molar-refractivity contribution in [2.45, 2.75) is 16.7 Å². The van der Waals surface area contributed by atoms with Crippen molar-refractivity contribution in [2.24, 2.45) is 0 Å². The van der Waals surface area contributed by atoms with Gasteiger partial charge in [0, 0.05) is 25.9 Å². The normalized spacial score (nSPS) is 11.1. The minimum atomic E-state index is 0.753. The first kappa shape index (κ1) is 12.9. The van der Waals surface area contributed by atoms with Gasteiger partial charge < -0.3 is 4.98 Å². The summed E-state index contributed by atoms with van der Waals surface area (Å²) in [5.41, 5.74) is 2.13. The van der Waals surface area contributed by atoms with E-state index < -0.39 is 0 Å². The smallest absolute Gasteiger partial charge is 0.0657 e. The van der Waals surface area contributed by atoms with E-state index in [-0.39, 0.29) is 0 Å². The summed E-state index contributed by atoms with van der Waals surface area (Å²) >= 11 is 13.8. The summed E-state index contributed by atoms with van der Waals surface area (Å²) in [5.74, 6) is 0. The highest BCUT2D eigenvalue weighted by atomic mass is 35.5. The Balaban J connectivity index is 2.07. The molecule has 1 aromatic heterocycles. The summed E-state index contributed by atoms with van der Waals surface area (Å²) in [6, 6.07) is 13.8. The van der Waals surface area contributed by atoms with Crippen molar-refractivity contribution in [3.8, 4) is 0 Å². The summed E-state index contributed by atoms with van der Waals surface area (Å²) in [6.45, 7) is 2.06. The van der Waals surface area contributed by atoms with Crippen LogP contribution >= 0.6 is 35.0 Å². The molecule has 96 valence electrons. The quantitative estimate of drug-likeness (QED) is 0.620. The maximum Gasteiger partial charge on any atom is 0.0657 e. The molecule has 1 N–H and O–H groups in total. The number of benzene rings is 2. The zero-order chi connectivity index (χ0) is 13.4. The molecule has 0 aliphatic rings. The average Bonchev–Trinajstić information content (AvgIpc) is 2.71. The van der Waals surface area contributed by atoms with E-state index in [0.29, 0.717) is 0 Å². The molecule has 0 aliphatic heterocycles. The highest BCUT2D eigenvalue weighted by Gasteiger charge is 2.11. The number of H-pyrrole nitrogens is 1. The Labute approximate surface area is 125 Å². The summed E-state index contributed by atoms with van der Waals surface area (Å²) in [6.07, 6.45) is 0. The highest BCUT2D eigenvalue weighted by molar-refractivity contribution is 7.99. The van der Waals surface area contributed by atoms with Gasteiger partial charge in [0.15, 0.2) is 0 Å². The average molecular weight is 308 g/mol. The number of halogens is 2. The van der Waals surface area contributed by atoms with Crippen molar-refractivity contribution in [1.82, 2.24) is 4.98 Å². The van der Waals surface area contributed by atoms with Crippen molar-refractivity contribution >= 4 is 45.9 Å². The molecule has 2 aromatic carbocycles. The van der Waals surface area contributed by atoms with Crippen molar-refractivity contribution in [2.75, 3.05) is 0 Å². The van der Waals surface area contributed by atoms with Gasteiger partial charge in [0.1, 0.15) is 0 Å². The number of aromatic nitrogens is 1. The molecule has 1 nitrogen and oxygen atoms in total. The number of hydrogen-bond donors (Lipinski definition) is 1. The number of hydrogen-bond acceptors (Lipinski definition) is 1. The molecule has 0 unspecified atom stereocenters. The van der Waals surface area contributed by atoms with Gasteiger partial charge >= 0.3 is 0 Å². The molecule has 0 saturated carbocycles. The van der Waals surface area contributed by atoms with E-state index in [0.717, 1.165) is 31.5 Å². The van der Waals surface area contributed by atoms with Gasteiger partial charge in [-0.1, -0.05) is 47.1 Å². The van der Waals surface area contributed by atoms with Crippen LogP contribution in [0.25, 0.3) is 10.9 Å². The minimum Gasteiger partial charge on any atom is -0.356 e. The number of fused-ring (bicyclic) bond motifs is 1. The van der Waals surface area contributed by atoms with Gasteiger partial charge in [-0.15, -0.1) is 0 Å². The molecule has 3 rings (SSSR count). The molecule has 0 saturated heterocycles. The first-order valence-electron chi connectivity index (χ1n) is 5.85. The molecule has 0 fully saturated rings. The van der Waals surface area contributed by atoms with E-state index in [2.05, 4.69) is 18.0 Å². The van der Waals surface area contributed by atoms with Crippen LogP contribution in [0.1, 0.15) is 5.69 Å². The lowest BCUT2D eigenvalue weighted by atomic mass is 10.2. The zero-order valence-electron chi connectivity index (χ0n) is 10.2. The summed E-state index contributed by atoms with van der Waals surface area (Å²) < 4.78 is 0. The Kier molecular flexibility index (Phi) is 3.48. The molecule has 0 bridgehead atoms. The number of nitrogens with one attached hydrogen (secondary N) is 1. The molecule has 0 aliphatic carbocycles. The van der Waals surface area contributed by atoms with E-state index in [1.54, 1.807) is 11.8 Å². The predicted molar refractivity (Wildman–Crippen MR) is 83.6 cm³/mol. The molecular formula is C15H11Cl2NS. The van der Waals surface area contributed by atoms with Crippen molar-refractivity contribution < 1.29 is 0 Å². The first-order valence-corrected chi connectivity index (χ1v) is 7.42. The SMILES string of the molecule is Cc1[nH]c2c(Cl)cccc2c1Sc1ccc(Cl)cc1. The molecular weight excluding hydrogens is 297 g/mol. The first-order chi connectivity index (χ1) is 9.15. The largest absolute Gasteiger partial charge is 0.356 e. The van der Waals surface area contributed by atoms with Crippen molar-refractivity contribution in [3.05, 3.63) is 58.2 Å². The second-order valence-corrected chi connectivity index (χ2v) is 6.22. The van der Waals surface area contributed by atoms with Gasteiger partial charge in [0.25, 0.3) is 0 Å². The van der Waals surface area contributed by atoms with Crippen LogP contribution < -0.4 is 0 Å². The number of aromatic amines is 1. The molecule has 1 heterocycles. The maximum absolute atomic E-state index is 6.21. The van der Waals surface area contributed by atoms with Gasteiger partial charge in [0.05, 0.1) is 10.5 Å². The fraction of sp³-hybridized carbons (Fsp3) is 0.0667. The third kappa shape index (κ3) is 2.48. The van der Waals surface area contributed by atoms with E-state index in [1.165, 1.54) is 4.90 Å². The Morgan fingerprint density at radius 2 is 1.74 bits per heavy atom. The second kappa shape index (κ2) is 5.12. The molecule has 0 amide bonds. The lowest BCUT2D eigenvalue weighted by Gasteiger charge is -2.02. The van der Waals surface area contributed by atoms with Crippen LogP contribution in [0, 0.1) is 6.92 Å². The molecule has 3 aromatic rings. The zero-order valence-corrected chi connectivity index (χ0v) is 12.5. The lowest BCUT2D eigenvalue weighted by Crippen LogP contribution is -1.75. The maximum atomic E-state index is 6.21. The van der Waals surface area contributed by atoms with Crippen LogP contribution in [0.4, 0.5) is 0 Å². The second-order valence-electron chi connectivity index (χ2n) is 4.30. The van der Waals surface area contributed by atoms with E-state index >= 15 is 0 Å². The van der Waals surface area contributed by atoms with Crippen LogP contribution in [-0.2, 0) is 0 Å². The van der Waals surface area contributed by atoms with Gasteiger partial charge in [-0.05, 0) is 37.3 Å². The molecule has 0 radical (unpaired) electrons. The van der Waals surface area contributed by atoms with Crippen molar-refractivity contribution in [3.63, 3.8) is 0 Å². The van der Waals surface area contributed by atoms with Gasteiger partial charge in [-0.2, -0.15) is 0 Å². The number of aryl methyl sites for hydroxylation is 1. The number of rotatable bonds is 2. The summed E-state index contributed by atoms with van der Waals surface area (Å²) in [5, 5.41) is 2.66. The van der Waals surface area contributed by atoms with Gasteiger partial charge in [0.2, 0.25) is 0 Å². The standard InChI is InChI=1S/C15H11Cl2NS/c1-9-15(19-11-7-5-10(16)6-8-11)12-3-2-4-13(17)14(12)18-9/h2-8,18H,1H3. The van der Waals surface area contributed by atoms with Crippen LogP contribution in [0.3, 0.4) is 0 Å². The Bertz CT molecular complexity index is 732. The third-order valence-corrected chi connectivity index (χ3v) is 4.75. The highest BCUT2D eigenvalue weighted by Crippen LogP contribution is 2.38. The monoisotopic (exact) mass is 307 g/mol. The molecule has 0 atom stereocenters. The van der Waals surface area contributed by atoms with E-state index in [4.69, 9.17) is 23.2 Å². The molecule has 0 spiro atoms. The van der Waals surface area contributed by atoms with E-state index in [9.17, 15) is 0 Å². The topological polar surface area (TPSA) is 15.8 Å². The minimum absolute atomic E-state index is 0.753. The van der Waals surface area contributed by atoms with Crippen molar-refractivity contribution in [1.29, 1.82) is 0 Å². The summed E-state index contributed by atoms with van der Waals surface area (Å²) in [7, 11) is 0. The van der Waals surface area contributed by atoms with Crippen LogP contribution in [0.15, 0.2) is 52.3 Å². The fourth-order valence-corrected chi connectivity index (χ4v) is 3.38. The van der Waals surface area contributed by atoms with Gasteiger partial charge in [-0.3, -0.25) is 0 Å². The van der Waals surface area contributed by atoms with E-state index in [1.807, 2.05) is 36.4 Å². The molecule has 19 heavy (non-hydrogen) atoms. The van der Waals surface area contributed by atoms with Gasteiger partial charge in [-0.25, -0.2) is 0 Å². The predicted octanol–water partition coefficient (Wildman–Crippen LogP) is 5.93. The lowest BCUT2D eigenvalue weighted by molar-refractivity contribution is 1.23. The van der Waals surface area contributed by atoms with Crippen LogP contribution in [-0.4, -0.2) is 4.98 Å². The summed E-state index contributed by atoms with van der Waals surface area (Å²) in [4.78, 5) is 5.72. The van der Waals surface area contributed by atoms with Crippen LogP contribution in [0.2, 0.25) is 10.0 Å². The molecule has 4 heteroatoms. The Morgan fingerprint density at radius 1 is 1.00 bits per heavy atom.